The minimum Gasteiger partial charge on any atom is -0.489 e. The third kappa shape index (κ3) is 2.92. The number of hydrogen-bond acceptors (Lipinski definition) is 5. The first kappa shape index (κ1) is 17.1. The maximum Gasteiger partial charge on any atom is 0.397 e. The number of nitrogens with one attached hydrogen (secondary N) is 2. The molecule has 9 heteroatoms. The quantitative estimate of drug-likeness (QED) is 0.834. The Kier molecular flexibility index (Phi) is 3.79. The van der Waals surface area contributed by atoms with Crippen molar-refractivity contribution in [2.24, 2.45) is 17.3 Å². The Balaban J connectivity index is 1.34. The first-order chi connectivity index (χ1) is 13.0. The lowest BCUT2D eigenvalue weighted by Crippen LogP contribution is -2.45. The Morgan fingerprint density at radius 1 is 1.26 bits per heavy atom. The molecule has 5 rings (SSSR count). The van der Waals surface area contributed by atoms with Gasteiger partial charge in [-0.05, 0) is 62.7 Å². The van der Waals surface area contributed by atoms with Gasteiger partial charge in [0.25, 0.3) is 0 Å². The SMILES string of the molecule is FC(F)(F)C1(COc2cccn3nc(NC4[C@@H]5CC[C@H]4CNC5)nc23)CC1. The monoisotopic (exact) mass is 381 g/mol. The fourth-order valence-corrected chi connectivity index (χ4v) is 4.40. The Bertz CT molecular complexity index is 831. The molecule has 2 aromatic rings. The molecule has 3 fully saturated rings. The van der Waals surface area contributed by atoms with Crippen molar-refractivity contribution in [2.75, 3.05) is 25.0 Å². The summed E-state index contributed by atoms with van der Waals surface area (Å²) >= 11 is 0. The van der Waals surface area contributed by atoms with Gasteiger partial charge in [0, 0.05) is 12.2 Å². The standard InChI is InChI=1S/C18H22F3N5O/c19-18(20,21)17(5-6-17)10-27-13-2-1-7-26-15(13)24-16(25-26)23-14-11-3-4-12(14)9-22-8-11/h1-2,7,11-12,14,22H,3-6,8-10H2,(H,23,25)/t11-,12+,14?. The highest BCUT2D eigenvalue weighted by atomic mass is 19.4. The second-order valence-electron chi connectivity index (χ2n) is 8.07. The molecule has 0 aromatic carbocycles. The van der Waals surface area contributed by atoms with Crippen LogP contribution in [0.25, 0.3) is 5.65 Å². The van der Waals surface area contributed by atoms with Crippen molar-refractivity contribution in [3.8, 4) is 5.75 Å². The van der Waals surface area contributed by atoms with E-state index in [2.05, 4.69) is 20.7 Å². The lowest BCUT2D eigenvalue weighted by molar-refractivity contribution is -0.194. The summed E-state index contributed by atoms with van der Waals surface area (Å²) in [4.78, 5) is 4.50. The molecule has 2 aromatic heterocycles. The first-order valence-corrected chi connectivity index (χ1v) is 9.47. The summed E-state index contributed by atoms with van der Waals surface area (Å²) in [6.45, 7) is 1.62. The van der Waals surface area contributed by atoms with E-state index in [9.17, 15) is 13.2 Å². The summed E-state index contributed by atoms with van der Waals surface area (Å²) in [5, 5.41) is 11.3. The highest BCUT2D eigenvalue weighted by Gasteiger charge is 2.64. The van der Waals surface area contributed by atoms with Gasteiger partial charge >= 0.3 is 6.18 Å². The predicted molar refractivity (Wildman–Crippen MR) is 92.7 cm³/mol. The Morgan fingerprint density at radius 2 is 2.00 bits per heavy atom. The molecule has 3 atom stereocenters. The number of ether oxygens (including phenoxy) is 1. The normalized spacial score (nSPS) is 29.1. The van der Waals surface area contributed by atoms with Gasteiger partial charge < -0.3 is 15.4 Å². The number of pyridine rings is 1. The summed E-state index contributed by atoms with van der Waals surface area (Å²) in [5.41, 5.74) is -1.26. The van der Waals surface area contributed by atoms with Crippen LogP contribution in [0, 0.1) is 17.3 Å². The van der Waals surface area contributed by atoms with Crippen LogP contribution in [0.3, 0.4) is 0 Å². The van der Waals surface area contributed by atoms with E-state index in [-0.39, 0.29) is 19.4 Å². The largest absolute Gasteiger partial charge is 0.489 e. The molecule has 2 saturated carbocycles. The molecule has 1 aliphatic heterocycles. The van der Waals surface area contributed by atoms with Crippen LogP contribution in [0.4, 0.5) is 19.1 Å². The molecule has 3 heterocycles. The van der Waals surface area contributed by atoms with Gasteiger partial charge in [-0.25, -0.2) is 4.52 Å². The Hall–Kier alpha value is -2.03. The Labute approximate surface area is 154 Å². The smallest absolute Gasteiger partial charge is 0.397 e. The van der Waals surface area contributed by atoms with E-state index in [0.29, 0.717) is 35.2 Å². The van der Waals surface area contributed by atoms with E-state index in [1.54, 1.807) is 22.8 Å². The van der Waals surface area contributed by atoms with Gasteiger partial charge in [0.2, 0.25) is 5.95 Å². The maximum atomic E-state index is 13.1. The first-order valence-electron chi connectivity index (χ1n) is 9.47. The van der Waals surface area contributed by atoms with Gasteiger partial charge in [-0.15, -0.1) is 5.10 Å². The molecule has 6 nitrogen and oxygen atoms in total. The number of nitrogens with zero attached hydrogens (tertiary/aromatic N) is 3. The van der Waals surface area contributed by atoms with Crippen LogP contribution >= 0.6 is 0 Å². The van der Waals surface area contributed by atoms with Crippen molar-refractivity contribution >= 4 is 11.6 Å². The van der Waals surface area contributed by atoms with Crippen molar-refractivity contribution in [1.29, 1.82) is 0 Å². The van der Waals surface area contributed by atoms with Crippen molar-refractivity contribution in [3.63, 3.8) is 0 Å². The van der Waals surface area contributed by atoms with Gasteiger partial charge in [-0.3, -0.25) is 0 Å². The summed E-state index contributed by atoms with van der Waals surface area (Å²) in [6.07, 6.45) is 0.128. The number of fused-ring (bicyclic) bond motifs is 3. The molecule has 1 saturated heterocycles. The molecule has 3 aliphatic rings. The van der Waals surface area contributed by atoms with Crippen molar-refractivity contribution in [3.05, 3.63) is 18.3 Å². The van der Waals surface area contributed by atoms with Gasteiger partial charge in [-0.1, -0.05) is 0 Å². The van der Waals surface area contributed by atoms with Gasteiger partial charge in [0.15, 0.2) is 11.4 Å². The van der Waals surface area contributed by atoms with Gasteiger partial charge in [0.1, 0.15) is 12.0 Å². The number of halogens is 3. The number of rotatable bonds is 5. The van der Waals surface area contributed by atoms with E-state index >= 15 is 0 Å². The van der Waals surface area contributed by atoms with Crippen LogP contribution in [0.15, 0.2) is 18.3 Å². The molecule has 2 N–H and O–H groups in total. The number of anilines is 1. The number of aromatic nitrogens is 3. The second-order valence-corrected chi connectivity index (χ2v) is 8.07. The molecular weight excluding hydrogens is 359 g/mol. The average molecular weight is 381 g/mol. The van der Waals surface area contributed by atoms with Gasteiger partial charge in [0.05, 0.1) is 0 Å². The van der Waals surface area contributed by atoms with E-state index in [4.69, 9.17) is 4.74 Å². The highest BCUT2D eigenvalue weighted by Crippen LogP contribution is 2.57. The topological polar surface area (TPSA) is 63.5 Å². The van der Waals surface area contributed by atoms with Crippen molar-refractivity contribution in [2.45, 2.75) is 37.9 Å². The lowest BCUT2D eigenvalue weighted by Gasteiger charge is -2.30. The summed E-state index contributed by atoms with van der Waals surface area (Å²) in [6, 6.07) is 3.70. The third-order valence-electron chi connectivity index (χ3n) is 6.32. The highest BCUT2D eigenvalue weighted by molar-refractivity contribution is 5.56. The molecule has 27 heavy (non-hydrogen) atoms. The average Bonchev–Trinajstić information content (AvgIpc) is 3.28. The fraction of sp³-hybridized carbons (Fsp3) is 0.667. The van der Waals surface area contributed by atoms with Crippen LogP contribution in [-0.4, -0.2) is 46.5 Å². The maximum absolute atomic E-state index is 13.1. The van der Waals surface area contributed by atoms with Crippen molar-refractivity contribution < 1.29 is 17.9 Å². The van der Waals surface area contributed by atoms with E-state index < -0.39 is 11.6 Å². The van der Waals surface area contributed by atoms with E-state index in [1.807, 2.05) is 0 Å². The minimum atomic E-state index is -4.23. The number of hydrogen-bond donors (Lipinski definition) is 2. The van der Waals surface area contributed by atoms with Crippen LogP contribution in [0.1, 0.15) is 25.7 Å². The number of alkyl halides is 3. The fourth-order valence-electron chi connectivity index (χ4n) is 4.40. The van der Waals surface area contributed by atoms with Gasteiger partial charge in [-0.2, -0.15) is 18.2 Å². The molecular formula is C18H22F3N5O. The van der Waals surface area contributed by atoms with Crippen LogP contribution in [0.2, 0.25) is 0 Å². The zero-order valence-electron chi connectivity index (χ0n) is 14.8. The molecule has 0 spiro atoms. The van der Waals surface area contributed by atoms with E-state index in [0.717, 1.165) is 13.1 Å². The summed E-state index contributed by atoms with van der Waals surface area (Å²) < 4.78 is 46.5. The zero-order valence-corrected chi connectivity index (χ0v) is 14.8. The second kappa shape index (κ2) is 5.98. The summed E-state index contributed by atoms with van der Waals surface area (Å²) in [7, 11) is 0. The predicted octanol–water partition coefficient (Wildman–Crippen LogP) is 2.86. The molecule has 146 valence electrons. The van der Waals surface area contributed by atoms with Crippen LogP contribution < -0.4 is 15.4 Å². The summed E-state index contributed by atoms with van der Waals surface area (Å²) in [5.74, 6) is 1.97. The zero-order chi connectivity index (χ0) is 18.6. The Morgan fingerprint density at radius 3 is 2.67 bits per heavy atom. The van der Waals surface area contributed by atoms with Crippen LogP contribution in [0.5, 0.6) is 5.75 Å². The molecule has 2 aliphatic carbocycles. The molecule has 0 amide bonds. The third-order valence-corrected chi connectivity index (χ3v) is 6.32. The molecule has 2 bridgehead atoms. The van der Waals surface area contributed by atoms with Crippen molar-refractivity contribution in [1.82, 2.24) is 19.9 Å². The van der Waals surface area contributed by atoms with E-state index in [1.165, 1.54) is 12.8 Å². The molecule has 0 radical (unpaired) electrons. The number of piperidine rings is 1. The lowest BCUT2D eigenvalue weighted by atomic mass is 9.94. The molecule has 1 unspecified atom stereocenters. The van der Waals surface area contributed by atoms with Crippen LogP contribution in [-0.2, 0) is 0 Å². The minimum absolute atomic E-state index is 0.123.